The highest BCUT2D eigenvalue weighted by Crippen LogP contribution is 2.23. The summed E-state index contributed by atoms with van der Waals surface area (Å²) in [5, 5.41) is 10.5. The number of hydrogen-bond donors (Lipinski definition) is 1. The minimum absolute atomic E-state index is 0.0792. The molecule has 0 aliphatic carbocycles. The van der Waals surface area contributed by atoms with Gasteiger partial charge < -0.3 is 5.73 Å². The normalized spacial score (nSPS) is 19.8. The zero-order valence-electron chi connectivity index (χ0n) is 8.83. The predicted octanol–water partition coefficient (Wildman–Crippen LogP) is -0.531. The van der Waals surface area contributed by atoms with E-state index in [-0.39, 0.29) is 23.9 Å². The first-order valence-corrected chi connectivity index (χ1v) is 4.95. The molecule has 1 heterocycles. The molecule has 0 saturated carbocycles. The standard InChI is InChI=1S/C10H9N3O4/c11-8-5-9(14)12(10(8)15)6-1-3-7(4-2-6)13(16)17/h1-4,8H,5,11H2/p+1/t8-/m0/s1. The maximum Gasteiger partial charge on any atom is 0.292 e. The fourth-order valence-electron chi connectivity index (χ4n) is 1.69. The smallest absolute Gasteiger partial charge is 0.292 e. The van der Waals surface area contributed by atoms with Gasteiger partial charge in [-0.2, -0.15) is 0 Å². The summed E-state index contributed by atoms with van der Waals surface area (Å²) in [5.74, 6) is -0.701. The van der Waals surface area contributed by atoms with E-state index >= 15 is 0 Å². The summed E-state index contributed by atoms with van der Waals surface area (Å²) in [6.45, 7) is 0. The summed E-state index contributed by atoms with van der Waals surface area (Å²) in [6.07, 6.45) is 0.0792. The molecule has 3 N–H and O–H groups in total. The topological polar surface area (TPSA) is 108 Å². The Kier molecular flexibility index (Phi) is 2.60. The summed E-state index contributed by atoms with van der Waals surface area (Å²) >= 11 is 0. The van der Waals surface area contributed by atoms with Crippen molar-refractivity contribution in [2.75, 3.05) is 4.90 Å². The van der Waals surface area contributed by atoms with E-state index < -0.39 is 11.0 Å². The van der Waals surface area contributed by atoms with E-state index in [4.69, 9.17) is 0 Å². The van der Waals surface area contributed by atoms with Crippen LogP contribution in [0.5, 0.6) is 0 Å². The Bertz CT molecular complexity index is 497. The number of hydrogen-bond acceptors (Lipinski definition) is 4. The molecule has 88 valence electrons. The second kappa shape index (κ2) is 3.95. The first-order chi connectivity index (χ1) is 8.00. The molecule has 0 aromatic heterocycles. The molecule has 1 saturated heterocycles. The van der Waals surface area contributed by atoms with Crippen molar-refractivity contribution in [3.63, 3.8) is 0 Å². The van der Waals surface area contributed by atoms with Gasteiger partial charge in [0.15, 0.2) is 6.04 Å². The molecule has 0 bridgehead atoms. The predicted molar refractivity (Wildman–Crippen MR) is 56.9 cm³/mol. The number of nitro benzene ring substituents is 1. The third-order valence-electron chi connectivity index (χ3n) is 2.56. The van der Waals surface area contributed by atoms with E-state index in [2.05, 4.69) is 5.73 Å². The Hall–Kier alpha value is -2.28. The number of amides is 2. The van der Waals surface area contributed by atoms with Crippen molar-refractivity contribution in [3.8, 4) is 0 Å². The van der Waals surface area contributed by atoms with E-state index in [9.17, 15) is 19.7 Å². The Morgan fingerprint density at radius 1 is 1.29 bits per heavy atom. The van der Waals surface area contributed by atoms with Crippen LogP contribution in [-0.2, 0) is 9.59 Å². The van der Waals surface area contributed by atoms with Gasteiger partial charge in [0.05, 0.1) is 17.0 Å². The van der Waals surface area contributed by atoms with Gasteiger partial charge in [-0.25, -0.2) is 4.90 Å². The van der Waals surface area contributed by atoms with Crippen LogP contribution in [0.25, 0.3) is 0 Å². The van der Waals surface area contributed by atoms with Gasteiger partial charge in [-0.1, -0.05) is 0 Å². The van der Waals surface area contributed by atoms with Crippen LogP contribution in [0, 0.1) is 10.1 Å². The second-order valence-corrected chi connectivity index (χ2v) is 3.74. The molecule has 1 aromatic rings. The highest BCUT2D eigenvalue weighted by atomic mass is 16.6. The van der Waals surface area contributed by atoms with Crippen LogP contribution < -0.4 is 10.6 Å². The molecule has 7 heteroatoms. The van der Waals surface area contributed by atoms with Gasteiger partial charge in [0.1, 0.15) is 0 Å². The summed E-state index contributed by atoms with van der Waals surface area (Å²) in [7, 11) is 0. The van der Waals surface area contributed by atoms with Gasteiger partial charge in [-0.05, 0) is 12.1 Å². The monoisotopic (exact) mass is 236 g/mol. The molecule has 2 rings (SSSR count). The number of carbonyl (C=O) groups excluding carboxylic acids is 2. The van der Waals surface area contributed by atoms with Crippen molar-refractivity contribution in [1.82, 2.24) is 0 Å². The lowest BCUT2D eigenvalue weighted by atomic mass is 10.2. The first kappa shape index (κ1) is 11.2. The third kappa shape index (κ3) is 1.87. The number of nitrogens with zero attached hydrogens (tertiary/aromatic N) is 2. The van der Waals surface area contributed by atoms with Gasteiger partial charge >= 0.3 is 0 Å². The third-order valence-corrected chi connectivity index (χ3v) is 2.56. The summed E-state index contributed by atoms with van der Waals surface area (Å²) < 4.78 is 0. The van der Waals surface area contributed by atoms with E-state index in [1.165, 1.54) is 24.3 Å². The quantitative estimate of drug-likeness (QED) is 0.423. The van der Waals surface area contributed by atoms with Crippen molar-refractivity contribution >= 4 is 23.2 Å². The maximum absolute atomic E-state index is 11.6. The number of quaternary nitrogens is 1. The lowest BCUT2D eigenvalue weighted by Crippen LogP contribution is -2.64. The van der Waals surface area contributed by atoms with E-state index in [0.29, 0.717) is 5.69 Å². The average Bonchev–Trinajstić information content (AvgIpc) is 2.53. The van der Waals surface area contributed by atoms with Crippen molar-refractivity contribution in [2.24, 2.45) is 0 Å². The molecule has 2 amide bonds. The molecule has 17 heavy (non-hydrogen) atoms. The number of anilines is 1. The van der Waals surface area contributed by atoms with Crippen molar-refractivity contribution in [3.05, 3.63) is 34.4 Å². The van der Waals surface area contributed by atoms with E-state index in [0.717, 1.165) is 4.90 Å². The van der Waals surface area contributed by atoms with Crippen LogP contribution in [0.1, 0.15) is 6.42 Å². The minimum atomic E-state index is -0.572. The van der Waals surface area contributed by atoms with Crippen LogP contribution in [0.3, 0.4) is 0 Å². The molecule has 0 radical (unpaired) electrons. The fraction of sp³-hybridized carbons (Fsp3) is 0.200. The average molecular weight is 236 g/mol. The van der Waals surface area contributed by atoms with Crippen LogP contribution in [0.4, 0.5) is 11.4 Å². The fourth-order valence-corrected chi connectivity index (χ4v) is 1.69. The van der Waals surface area contributed by atoms with Gasteiger partial charge in [-0.15, -0.1) is 0 Å². The Labute approximate surface area is 96.0 Å². The highest BCUT2D eigenvalue weighted by molar-refractivity contribution is 6.21. The van der Waals surface area contributed by atoms with Crippen LogP contribution in [-0.4, -0.2) is 22.8 Å². The Morgan fingerprint density at radius 3 is 2.29 bits per heavy atom. The Morgan fingerprint density at radius 2 is 1.88 bits per heavy atom. The summed E-state index contributed by atoms with van der Waals surface area (Å²) in [5.41, 5.74) is 3.83. The molecule has 0 spiro atoms. The zero-order valence-corrected chi connectivity index (χ0v) is 8.83. The number of benzene rings is 1. The number of nitro groups is 1. The van der Waals surface area contributed by atoms with Gasteiger partial charge in [0.2, 0.25) is 5.91 Å². The largest absolute Gasteiger partial charge is 0.347 e. The lowest BCUT2D eigenvalue weighted by Gasteiger charge is -2.12. The Balaban J connectivity index is 2.32. The van der Waals surface area contributed by atoms with Gasteiger partial charge in [-0.3, -0.25) is 19.7 Å². The lowest BCUT2D eigenvalue weighted by molar-refractivity contribution is -0.399. The second-order valence-electron chi connectivity index (χ2n) is 3.74. The highest BCUT2D eigenvalue weighted by Gasteiger charge is 2.40. The van der Waals surface area contributed by atoms with Crippen molar-refractivity contribution in [2.45, 2.75) is 12.5 Å². The summed E-state index contributed by atoms with van der Waals surface area (Å²) in [6, 6.07) is 4.70. The number of rotatable bonds is 2. The molecule has 1 atom stereocenters. The van der Waals surface area contributed by atoms with E-state index in [1.807, 2.05) is 0 Å². The van der Waals surface area contributed by atoms with Crippen molar-refractivity contribution < 1.29 is 20.2 Å². The van der Waals surface area contributed by atoms with E-state index in [1.54, 1.807) is 0 Å². The zero-order chi connectivity index (χ0) is 12.6. The van der Waals surface area contributed by atoms with Crippen molar-refractivity contribution in [1.29, 1.82) is 0 Å². The summed E-state index contributed by atoms with van der Waals surface area (Å²) in [4.78, 5) is 34.1. The minimum Gasteiger partial charge on any atom is -0.347 e. The van der Waals surface area contributed by atoms with Crippen LogP contribution >= 0.6 is 0 Å². The molecule has 1 aromatic carbocycles. The first-order valence-electron chi connectivity index (χ1n) is 4.95. The molecule has 1 fully saturated rings. The van der Waals surface area contributed by atoms with Crippen LogP contribution in [0.2, 0.25) is 0 Å². The molecule has 1 aliphatic rings. The maximum atomic E-state index is 11.6. The molecular formula is C10H10N3O4+. The SMILES string of the molecule is [NH3+][C@H]1CC(=O)N(c2ccc([N+](=O)[O-])cc2)C1=O. The molecule has 0 unspecified atom stereocenters. The van der Waals surface area contributed by atoms with Gasteiger partial charge in [0, 0.05) is 12.1 Å². The molecule has 1 aliphatic heterocycles. The number of carbonyl (C=O) groups is 2. The molecule has 7 nitrogen and oxygen atoms in total. The number of imide groups is 1. The van der Waals surface area contributed by atoms with Crippen LogP contribution in [0.15, 0.2) is 24.3 Å². The number of non-ortho nitro benzene ring substituents is 1. The molecular weight excluding hydrogens is 226 g/mol. The van der Waals surface area contributed by atoms with Gasteiger partial charge in [0.25, 0.3) is 11.6 Å².